The molecular formula is C24H21N3O5S. The summed E-state index contributed by atoms with van der Waals surface area (Å²) in [7, 11) is -3.81. The van der Waals surface area contributed by atoms with E-state index in [0.717, 1.165) is 11.1 Å². The fourth-order valence-corrected chi connectivity index (χ4v) is 3.66. The first kappa shape index (κ1) is 22.3. The maximum Gasteiger partial charge on any atom is 0.407 e. The van der Waals surface area contributed by atoms with E-state index in [-0.39, 0.29) is 23.9 Å². The molecule has 8 nitrogen and oxygen atoms in total. The minimum Gasteiger partial charge on any atom is -0.445 e. The second-order valence-corrected chi connectivity index (χ2v) is 8.70. The van der Waals surface area contributed by atoms with Crippen molar-refractivity contribution < 1.29 is 22.4 Å². The van der Waals surface area contributed by atoms with Gasteiger partial charge in [-0.05, 0) is 29.8 Å². The molecule has 4 aromatic rings. The van der Waals surface area contributed by atoms with Gasteiger partial charge in [0.15, 0.2) is 5.76 Å². The fraction of sp³-hybridized carbons (Fsp3) is 0.0833. The monoisotopic (exact) mass is 463 g/mol. The van der Waals surface area contributed by atoms with Gasteiger partial charge in [-0.15, -0.1) is 0 Å². The maximum atomic E-state index is 12.1. The Morgan fingerprint density at radius 1 is 0.909 bits per heavy atom. The van der Waals surface area contributed by atoms with Crippen LogP contribution in [0.15, 0.2) is 94.2 Å². The molecule has 0 bridgehead atoms. The summed E-state index contributed by atoms with van der Waals surface area (Å²) in [4.78, 5) is 16.6. The highest BCUT2D eigenvalue weighted by Crippen LogP contribution is 2.33. The summed E-state index contributed by atoms with van der Waals surface area (Å²) < 4.78 is 34.3. The van der Waals surface area contributed by atoms with Gasteiger partial charge in [0.1, 0.15) is 12.3 Å². The molecule has 3 N–H and O–H groups in total. The third kappa shape index (κ3) is 5.65. The summed E-state index contributed by atoms with van der Waals surface area (Å²) in [6.07, 6.45) is -0.600. The van der Waals surface area contributed by atoms with Gasteiger partial charge in [0.05, 0.1) is 11.4 Å². The molecule has 0 aliphatic carbocycles. The molecule has 168 valence electrons. The second-order valence-electron chi connectivity index (χ2n) is 7.14. The van der Waals surface area contributed by atoms with E-state index in [0.29, 0.717) is 17.0 Å². The number of rotatable bonds is 7. The molecule has 3 aromatic carbocycles. The molecule has 0 atom stereocenters. The van der Waals surface area contributed by atoms with Crippen molar-refractivity contribution in [2.45, 2.75) is 18.0 Å². The molecule has 0 spiro atoms. The quantitative estimate of drug-likeness (QED) is 0.425. The molecule has 0 aliphatic rings. The van der Waals surface area contributed by atoms with Gasteiger partial charge in [-0.25, -0.2) is 23.3 Å². The van der Waals surface area contributed by atoms with Crippen molar-refractivity contribution in [3.8, 4) is 22.6 Å². The van der Waals surface area contributed by atoms with E-state index in [4.69, 9.17) is 14.3 Å². The van der Waals surface area contributed by atoms with E-state index >= 15 is 0 Å². The van der Waals surface area contributed by atoms with Crippen LogP contribution in [0.5, 0.6) is 0 Å². The van der Waals surface area contributed by atoms with Gasteiger partial charge in [-0.2, -0.15) is 0 Å². The number of ether oxygens (including phenoxy) is 1. The number of oxazole rings is 1. The number of nitrogens with one attached hydrogen (secondary N) is 1. The minimum atomic E-state index is -3.81. The minimum absolute atomic E-state index is 0.00456. The Morgan fingerprint density at radius 3 is 2.18 bits per heavy atom. The van der Waals surface area contributed by atoms with Gasteiger partial charge >= 0.3 is 6.09 Å². The normalized spacial score (nSPS) is 11.2. The highest BCUT2D eigenvalue weighted by Gasteiger charge is 2.18. The Morgan fingerprint density at radius 2 is 1.55 bits per heavy atom. The van der Waals surface area contributed by atoms with E-state index in [9.17, 15) is 13.2 Å². The molecule has 33 heavy (non-hydrogen) atoms. The highest BCUT2D eigenvalue weighted by atomic mass is 32.2. The van der Waals surface area contributed by atoms with Gasteiger partial charge in [-0.3, -0.25) is 0 Å². The molecule has 9 heteroatoms. The molecule has 1 aromatic heterocycles. The van der Waals surface area contributed by atoms with E-state index in [1.165, 1.54) is 12.1 Å². The maximum absolute atomic E-state index is 12.1. The van der Waals surface area contributed by atoms with Crippen LogP contribution in [0.25, 0.3) is 22.6 Å². The van der Waals surface area contributed by atoms with Crippen LogP contribution in [-0.2, 0) is 27.9 Å². The smallest absolute Gasteiger partial charge is 0.407 e. The Bertz CT molecular complexity index is 1340. The predicted octanol–water partition coefficient (Wildman–Crippen LogP) is 4.08. The Kier molecular flexibility index (Phi) is 6.53. The number of hydrogen-bond acceptors (Lipinski definition) is 6. The number of benzene rings is 3. The number of alkyl carbamates (subject to hydrolysis) is 1. The molecule has 0 aliphatic heterocycles. The lowest BCUT2D eigenvalue weighted by atomic mass is 10.1. The summed E-state index contributed by atoms with van der Waals surface area (Å²) in [5.41, 5.74) is 2.87. The molecule has 0 unspecified atom stereocenters. The van der Waals surface area contributed by atoms with Gasteiger partial charge in [-0.1, -0.05) is 60.7 Å². The SMILES string of the molecule is NS(=O)(=O)c1ccc(-c2oc(CNC(=O)OCc3ccccc3)nc2-c2ccccc2)cc1. The number of nitrogens with zero attached hydrogens (tertiary/aromatic N) is 1. The predicted molar refractivity (Wildman–Crippen MR) is 122 cm³/mol. The van der Waals surface area contributed by atoms with E-state index in [1.807, 2.05) is 60.7 Å². The van der Waals surface area contributed by atoms with Crippen LogP contribution in [0.3, 0.4) is 0 Å². The summed E-state index contributed by atoms with van der Waals surface area (Å²) in [6, 6.07) is 24.7. The molecule has 0 saturated heterocycles. The molecule has 0 radical (unpaired) electrons. The van der Waals surface area contributed by atoms with Crippen LogP contribution in [0.4, 0.5) is 4.79 Å². The number of primary sulfonamides is 1. The Balaban J connectivity index is 1.53. The summed E-state index contributed by atoms with van der Waals surface area (Å²) in [5, 5.41) is 7.81. The number of amides is 1. The van der Waals surface area contributed by atoms with Crippen molar-refractivity contribution in [1.82, 2.24) is 10.3 Å². The molecule has 1 heterocycles. The van der Waals surface area contributed by atoms with Crippen molar-refractivity contribution in [3.05, 3.63) is 96.4 Å². The first-order valence-corrected chi connectivity index (χ1v) is 11.6. The molecular weight excluding hydrogens is 442 g/mol. The average Bonchev–Trinajstić information content (AvgIpc) is 3.26. The van der Waals surface area contributed by atoms with Crippen molar-refractivity contribution >= 4 is 16.1 Å². The van der Waals surface area contributed by atoms with Gasteiger partial charge in [0.25, 0.3) is 0 Å². The van der Waals surface area contributed by atoms with Crippen LogP contribution in [0, 0.1) is 0 Å². The third-order valence-electron chi connectivity index (χ3n) is 4.76. The Labute approximate surface area is 191 Å². The number of sulfonamides is 1. The largest absolute Gasteiger partial charge is 0.445 e. The lowest BCUT2D eigenvalue weighted by molar-refractivity contribution is 0.138. The third-order valence-corrected chi connectivity index (χ3v) is 5.69. The van der Waals surface area contributed by atoms with Crippen LogP contribution < -0.4 is 10.5 Å². The summed E-state index contributed by atoms with van der Waals surface area (Å²) in [5.74, 6) is 0.715. The first-order chi connectivity index (χ1) is 15.9. The van der Waals surface area contributed by atoms with E-state index in [1.54, 1.807) is 12.1 Å². The van der Waals surface area contributed by atoms with Crippen LogP contribution in [0.2, 0.25) is 0 Å². The zero-order valence-electron chi connectivity index (χ0n) is 17.5. The highest BCUT2D eigenvalue weighted by molar-refractivity contribution is 7.89. The molecule has 1 amide bonds. The van der Waals surface area contributed by atoms with Crippen LogP contribution >= 0.6 is 0 Å². The standard InChI is InChI=1S/C24H21N3O5S/c25-33(29,30)20-13-11-19(12-14-20)23-22(18-9-5-2-6-10-18)27-21(32-23)15-26-24(28)31-16-17-7-3-1-4-8-17/h1-14H,15-16H2,(H,26,28)(H2,25,29,30). The zero-order chi connectivity index (χ0) is 23.3. The number of aromatic nitrogens is 1. The van der Waals surface area contributed by atoms with Gasteiger partial charge in [0, 0.05) is 11.1 Å². The van der Waals surface area contributed by atoms with Gasteiger partial charge in [0.2, 0.25) is 15.9 Å². The van der Waals surface area contributed by atoms with Crippen molar-refractivity contribution in [3.63, 3.8) is 0 Å². The van der Waals surface area contributed by atoms with Crippen molar-refractivity contribution in [2.75, 3.05) is 0 Å². The van der Waals surface area contributed by atoms with Crippen LogP contribution in [0.1, 0.15) is 11.5 Å². The molecule has 0 fully saturated rings. The van der Waals surface area contributed by atoms with E-state index < -0.39 is 16.1 Å². The first-order valence-electron chi connectivity index (χ1n) is 10.0. The Hall–Kier alpha value is -3.95. The number of nitrogens with two attached hydrogens (primary N) is 1. The van der Waals surface area contributed by atoms with Gasteiger partial charge < -0.3 is 14.5 Å². The summed E-state index contributed by atoms with van der Waals surface area (Å²) in [6.45, 7) is 0.165. The lowest BCUT2D eigenvalue weighted by Gasteiger charge is -2.05. The fourth-order valence-electron chi connectivity index (χ4n) is 3.15. The zero-order valence-corrected chi connectivity index (χ0v) is 18.3. The number of carbonyl (C=O) groups is 1. The van der Waals surface area contributed by atoms with Crippen LogP contribution in [-0.4, -0.2) is 19.5 Å². The number of carbonyl (C=O) groups excluding carboxylic acids is 1. The van der Waals surface area contributed by atoms with Crippen molar-refractivity contribution in [2.24, 2.45) is 5.14 Å². The lowest BCUT2D eigenvalue weighted by Crippen LogP contribution is -2.23. The average molecular weight is 464 g/mol. The van der Waals surface area contributed by atoms with E-state index in [2.05, 4.69) is 10.3 Å². The number of hydrogen-bond donors (Lipinski definition) is 2. The molecule has 4 rings (SSSR count). The summed E-state index contributed by atoms with van der Waals surface area (Å²) >= 11 is 0. The topological polar surface area (TPSA) is 125 Å². The second kappa shape index (κ2) is 9.68. The molecule has 0 saturated carbocycles. The van der Waals surface area contributed by atoms with Crippen molar-refractivity contribution in [1.29, 1.82) is 0 Å².